The summed E-state index contributed by atoms with van der Waals surface area (Å²) in [5, 5.41) is 19.1. The number of hydrogen-bond donors (Lipinski definition) is 1. The molecule has 0 aliphatic rings. The van der Waals surface area contributed by atoms with E-state index in [0.29, 0.717) is 5.82 Å². The molecule has 0 spiro atoms. The Hall–Kier alpha value is -4.13. The van der Waals surface area contributed by atoms with Crippen LogP contribution in [0.5, 0.6) is 0 Å². The van der Waals surface area contributed by atoms with E-state index in [1.54, 1.807) is 0 Å². The third kappa shape index (κ3) is 4.72. The van der Waals surface area contributed by atoms with Crippen molar-refractivity contribution in [3.05, 3.63) is 102 Å². The Morgan fingerprint density at radius 1 is 0.788 bits per heavy atom. The summed E-state index contributed by atoms with van der Waals surface area (Å²) >= 11 is 0. The van der Waals surface area contributed by atoms with Crippen LogP contribution in [0, 0.1) is 0 Å². The number of tetrazole rings is 1. The molecule has 0 aliphatic heterocycles. The number of benzene rings is 3. The standard InChI is InChI=1S/C26H25N7/c1-2-16-33-25(27-24(30-33)17-19-8-4-3-5-9-19)18-20-12-14-21(15-13-20)22-10-6-7-11-23(22)26-28-31-32-29-26/h3-15H,2,16-18H2,1H3,(H,28,29,31,32). The Balaban J connectivity index is 1.38. The maximum Gasteiger partial charge on any atom is 0.180 e. The molecule has 0 bridgehead atoms. The molecule has 0 fully saturated rings. The van der Waals surface area contributed by atoms with Crippen molar-refractivity contribution in [2.75, 3.05) is 0 Å². The quantitative estimate of drug-likeness (QED) is 0.381. The molecule has 33 heavy (non-hydrogen) atoms. The number of nitrogens with one attached hydrogen (secondary N) is 1. The van der Waals surface area contributed by atoms with E-state index in [0.717, 1.165) is 54.1 Å². The molecule has 0 saturated carbocycles. The minimum Gasteiger partial charge on any atom is -0.249 e. The zero-order valence-corrected chi connectivity index (χ0v) is 18.5. The molecule has 3 aromatic carbocycles. The molecule has 5 aromatic rings. The molecule has 7 nitrogen and oxygen atoms in total. The number of aromatic amines is 1. The predicted molar refractivity (Wildman–Crippen MR) is 127 cm³/mol. The fourth-order valence-electron chi connectivity index (χ4n) is 4.00. The maximum atomic E-state index is 4.87. The molecule has 0 radical (unpaired) electrons. The van der Waals surface area contributed by atoms with Gasteiger partial charge < -0.3 is 0 Å². The highest BCUT2D eigenvalue weighted by Gasteiger charge is 2.13. The van der Waals surface area contributed by atoms with Gasteiger partial charge in [0.1, 0.15) is 5.82 Å². The highest BCUT2D eigenvalue weighted by atomic mass is 15.5. The van der Waals surface area contributed by atoms with E-state index in [2.05, 4.69) is 86.8 Å². The Labute approximate surface area is 192 Å². The highest BCUT2D eigenvalue weighted by molar-refractivity contribution is 5.80. The second kappa shape index (κ2) is 9.56. The van der Waals surface area contributed by atoms with Crippen LogP contribution in [0.2, 0.25) is 0 Å². The van der Waals surface area contributed by atoms with Crippen LogP contribution in [0.4, 0.5) is 0 Å². The summed E-state index contributed by atoms with van der Waals surface area (Å²) in [6, 6.07) is 27.1. The first-order valence-electron chi connectivity index (χ1n) is 11.2. The molecule has 1 N–H and O–H groups in total. The number of rotatable bonds is 8. The first kappa shape index (κ1) is 20.8. The Kier molecular flexibility index (Phi) is 6.01. The number of aryl methyl sites for hydroxylation is 1. The molecule has 0 atom stereocenters. The van der Waals surface area contributed by atoms with Crippen LogP contribution >= 0.6 is 0 Å². The number of nitrogens with zero attached hydrogens (tertiary/aromatic N) is 6. The van der Waals surface area contributed by atoms with Crippen molar-refractivity contribution in [2.45, 2.75) is 32.7 Å². The van der Waals surface area contributed by atoms with Crippen LogP contribution in [0.1, 0.15) is 36.1 Å². The van der Waals surface area contributed by atoms with E-state index >= 15 is 0 Å². The molecule has 164 valence electrons. The van der Waals surface area contributed by atoms with Crippen LogP contribution < -0.4 is 0 Å². The molecule has 5 rings (SSSR count). The van der Waals surface area contributed by atoms with Gasteiger partial charge in [0.05, 0.1) is 0 Å². The molecule has 2 aromatic heterocycles. The van der Waals surface area contributed by atoms with E-state index in [1.807, 2.05) is 24.3 Å². The predicted octanol–water partition coefficient (Wildman–Crippen LogP) is 4.72. The lowest BCUT2D eigenvalue weighted by Gasteiger charge is -2.09. The lowest BCUT2D eigenvalue weighted by atomic mass is 9.98. The first-order chi connectivity index (χ1) is 16.3. The first-order valence-corrected chi connectivity index (χ1v) is 11.2. The molecule has 0 unspecified atom stereocenters. The normalized spacial score (nSPS) is 11.1. The molecule has 0 aliphatic carbocycles. The van der Waals surface area contributed by atoms with E-state index in [9.17, 15) is 0 Å². The summed E-state index contributed by atoms with van der Waals surface area (Å²) in [4.78, 5) is 4.87. The Morgan fingerprint density at radius 3 is 2.24 bits per heavy atom. The van der Waals surface area contributed by atoms with Crippen LogP contribution in [0.25, 0.3) is 22.5 Å². The van der Waals surface area contributed by atoms with Crippen molar-refractivity contribution in [1.82, 2.24) is 35.4 Å². The molecular formula is C26H25N7. The molecule has 2 heterocycles. The van der Waals surface area contributed by atoms with Crippen LogP contribution in [-0.2, 0) is 19.4 Å². The van der Waals surface area contributed by atoms with E-state index < -0.39 is 0 Å². The number of H-pyrrole nitrogens is 1. The molecule has 0 saturated heterocycles. The Bertz CT molecular complexity index is 1310. The topological polar surface area (TPSA) is 85.2 Å². The van der Waals surface area contributed by atoms with E-state index in [-0.39, 0.29) is 0 Å². The fraction of sp³-hybridized carbons (Fsp3) is 0.192. The zero-order valence-electron chi connectivity index (χ0n) is 18.5. The van der Waals surface area contributed by atoms with Gasteiger partial charge in [-0.2, -0.15) is 5.10 Å². The molecular weight excluding hydrogens is 410 g/mol. The van der Waals surface area contributed by atoms with Gasteiger partial charge in [0.15, 0.2) is 11.6 Å². The van der Waals surface area contributed by atoms with Gasteiger partial charge in [-0.25, -0.2) is 14.8 Å². The van der Waals surface area contributed by atoms with Gasteiger partial charge >= 0.3 is 0 Å². The SMILES string of the molecule is CCCn1nc(Cc2ccccc2)nc1Cc1ccc(-c2ccccc2-c2nnn[nH]2)cc1. The number of aromatic nitrogens is 7. The van der Waals surface area contributed by atoms with Crippen LogP contribution in [0.15, 0.2) is 78.9 Å². The van der Waals surface area contributed by atoms with Gasteiger partial charge in [0, 0.05) is 24.9 Å². The van der Waals surface area contributed by atoms with E-state index in [1.165, 1.54) is 11.1 Å². The zero-order chi connectivity index (χ0) is 22.5. The van der Waals surface area contributed by atoms with Gasteiger partial charge in [-0.05, 0) is 39.1 Å². The average molecular weight is 436 g/mol. The van der Waals surface area contributed by atoms with Gasteiger partial charge in [-0.1, -0.05) is 85.8 Å². The minimum atomic E-state index is 0.660. The number of hydrogen-bond acceptors (Lipinski definition) is 5. The van der Waals surface area contributed by atoms with Crippen LogP contribution in [-0.4, -0.2) is 35.4 Å². The van der Waals surface area contributed by atoms with E-state index in [4.69, 9.17) is 10.1 Å². The van der Waals surface area contributed by atoms with Crippen molar-refractivity contribution in [3.63, 3.8) is 0 Å². The second-order valence-corrected chi connectivity index (χ2v) is 8.00. The summed E-state index contributed by atoms with van der Waals surface area (Å²) in [5.74, 6) is 2.54. The maximum absolute atomic E-state index is 4.87. The van der Waals surface area contributed by atoms with Crippen molar-refractivity contribution in [2.24, 2.45) is 0 Å². The highest BCUT2D eigenvalue weighted by Crippen LogP contribution is 2.30. The summed E-state index contributed by atoms with van der Waals surface area (Å²) in [6.45, 7) is 3.03. The lowest BCUT2D eigenvalue weighted by Crippen LogP contribution is -2.06. The van der Waals surface area contributed by atoms with Crippen molar-refractivity contribution in [1.29, 1.82) is 0 Å². The fourth-order valence-corrected chi connectivity index (χ4v) is 4.00. The molecule has 0 amide bonds. The summed E-state index contributed by atoms with van der Waals surface area (Å²) in [6.07, 6.45) is 2.51. The van der Waals surface area contributed by atoms with Gasteiger partial charge in [0.2, 0.25) is 0 Å². The lowest BCUT2D eigenvalue weighted by molar-refractivity contribution is 0.572. The Morgan fingerprint density at radius 2 is 1.52 bits per heavy atom. The van der Waals surface area contributed by atoms with Crippen molar-refractivity contribution in [3.8, 4) is 22.5 Å². The van der Waals surface area contributed by atoms with Crippen LogP contribution in [0.3, 0.4) is 0 Å². The third-order valence-electron chi connectivity index (χ3n) is 5.59. The summed E-state index contributed by atoms with van der Waals surface area (Å²) in [7, 11) is 0. The largest absolute Gasteiger partial charge is 0.249 e. The van der Waals surface area contributed by atoms with Gasteiger partial charge in [-0.3, -0.25) is 0 Å². The average Bonchev–Trinajstić information content (AvgIpc) is 3.51. The second-order valence-electron chi connectivity index (χ2n) is 8.00. The monoisotopic (exact) mass is 435 g/mol. The third-order valence-corrected chi connectivity index (χ3v) is 5.59. The molecule has 7 heteroatoms. The van der Waals surface area contributed by atoms with Crippen molar-refractivity contribution < 1.29 is 0 Å². The van der Waals surface area contributed by atoms with Crippen molar-refractivity contribution >= 4 is 0 Å². The smallest absolute Gasteiger partial charge is 0.180 e. The summed E-state index contributed by atoms with van der Waals surface area (Å²) in [5.41, 5.74) is 5.60. The van der Waals surface area contributed by atoms with Gasteiger partial charge in [0.25, 0.3) is 0 Å². The van der Waals surface area contributed by atoms with Gasteiger partial charge in [-0.15, -0.1) is 5.10 Å². The summed E-state index contributed by atoms with van der Waals surface area (Å²) < 4.78 is 2.05. The minimum absolute atomic E-state index is 0.660.